The molecule has 0 bridgehead atoms. The molecule has 174 valence electrons. The average molecular weight is 462 g/mol. The number of carbonyl (C=O) groups is 1. The van der Waals surface area contributed by atoms with E-state index >= 15 is 0 Å². The van der Waals surface area contributed by atoms with Crippen molar-refractivity contribution in [2.75, 3.05) is 0 Å². The highest BCUT2D eigenvalue weighted by atomic mass is 16.7. The molecule has 3 aromatic rings. The van der Waals surface area contributed by atoms with Crippen LogP contribution in [0.1, 0.15) is 0 Å². The number of fused-ring (bicyclic) bond motifs is 1. The number of carboxylic acids is 1. The van der Waals surface area contributed by atoms with Crippen molar-refractivity contribution in [1.29, 1.82) is 0 Å². The number of aliphatic hydroxyl groups is 3. The first-order valence-corrected chi connectivity index (χ1v) is 9.49. The Morgan fingerprint density at radius 1 is 0.909 bits per heavy atom. The molecule has 1 aliphatic heterocycles. The van der Waals surface area contributed by atoms with Crippen molar-refractivity contribution in [2.24, 2.45) is 0 Å². The van der Waals surface area contributed by atoms with Gasteiger partial charge in [0.05, 0.1) is 0 Å². The van der Waals surface area contributed by atoms with Crippen LogP contribution in [0.15, 0.2) is 45.6 Å². The lowest BCUT2D eigenvalue weighted by molar-refractivity contribution is -0.271. The minimum absolute atomic E-state index is 0.0358. The minimum Gasteiger partial charge on any atom is -0.508 e. The Morgan fingerprint density at radius 2 is 1.64 bits per heavy atom. The van der Waals surface area contributed by atoms with Crippen LogP contribution in [0.2, 0.25) is 0 Å². The van der Waals surface area contributed by atoms with E-state index in [0.717, 1.165) is 24.3 Å². The molecule has 0 aliphatic carbocycles. The summed E-state index contributed by atoms with van der Waals surface area (Å²) in [5, 5.41) is 68.5. The van der Waals surface area contributed by atoms with E-state index in [2.05, 4.69) is 0 Å². The summed E-state index contributed by atoms with van der Waals surface area (Å²) >= 11 is 0. The number of hydrogen-bond acceptors (Lipinski definition) is 11. The van der Waals surface area contributed by atoms with E-state index in [0.29, 0.717) is 0 Å². The summed E-state index contributed by atoms with van der Waals surface area (Å²) in [5.41, 5.74) is -0.546. The third-order valence-electron chi connectivity index (χ3n) is 5.10. The highest BCUT2D eigenvalue weighted by molar-refractivity contribution is 5.86. The number of benzene rings is 2. The van der Waals surface area contributed by atoms with Crippen LogP contribution in [0, 0.1) is 0 Å². The van der Waals surface area contributed by atoms with Crippen molar-refractivity contribution in [3.8, 4) is 34.3 Å². The third-order valence-corrected chi connectivity index (χ3v) is 5.10. The Bertz CT molecular complexity index is 1280. The van der Waals surface area contributed by atoms with E-state index in [1.54, 1.807) is 0 Å². The zero-order valence-corrected chi connectivity index (χ0v) is 16.5. The summed E-state index contributed by atoms with van der Waals surface area (Å²) in [6.45, 7) is 0. The predicted molar refractivity (Wildman–Crippen MR) is 108 cm³/mol. The second-order valence-corrected chi connectivity index (χ2v) is 7.35. The molecule has 2 heterocycles. The highest BCUT2D eigenvalue weighted by Gasteiger charge is 2.48. The number of carboxylic acid groups (broad SMARTS) is 1. The Labute approximate surface area is 183 Å². The minimum atomic E-state index is -1.92. The Hall–Kier alpha value is -3.84. The molecule has 7 N–H and O–H groups in total. The maximum atomic E-state index is 12.4. The Balaban J connectivity index is 1.70. The van der Waals surface area contributed by atoms with Crippen molar-refractivity contribution in [2.45, 2.75) is 30.7 Å². The van der Waals surface area contributed by atoms with Gasteiger partial charge >= 0.3 is 5.97 Å². The summed E-state index contributed by atoms with van der Waals surface area (Å²) in [5.74, 6) is -3.24. The molecule has 1 aliphatic rings. The number of aliphatic hydroxyl groups excluding tert-OH is 3. The molecule has 0 saturated carbocycles. The van der Waals surface area contributed by atoms with Gasteiger partial charge in [-0.15, -0.1) is 0 Å². The molecule has 33 heavy (non-hydrogen) atoms. The standard InChI is InChI=1S/C21H18O12/c22-8-4-10(24)15-11(25)6-12(31-14(15)5-8)7-1-2-9(23)13(3-7)32-21-18(28)16(26)17(27)19(33-21)20(29)30/h1-6,16-19,21-24,26-28H,(H,29,30)/t16-,17-,18-,19+,21+/m0/s1. The summed E-state index contributed by atoms with van der Waals surface area (Å²) in [6.07, 6.45) is -9.37. The van der Waals surface area contributed by atoms with Gasteiger partial charge < -0.3 is 49.6 Å². The van der Waals surface area contributed by atoms with Gasteiger partial charge in [0.1, 0.15) is 46.5 Å². The molecule has 12 heteroatoms. The van der Waals surface area contributed by atoms with Gasteiger partial charge in [-0.3, -0.25) is 4.79 Å². The van der Waals surface area contributed by atoms with E-state index in [-0.39, 0.29) is 33.8 Å². The fraction of sp³-hybridized carbons (Fsp3) is 0.238. The summed E-state index contributed by atoms with van der Waals surface area (Å²) in [4.78, 5) is 23.7. The van der Waals surface area contributed by atoms with Gasteiger partial charge in [-0.25, -0.2) is 4.79 Å². The lowest BCUT2D eigenvalue weighted by Crippen LogP contribution is -2.61. The SMILES string of the molecule is O=C(O)[C@@H]1O[C@@H](Oc2cc(-c3cc(=O)c4c(O)cc(O)cc4o3)ccc2O)[C@@H](O)[C@@H](O)[C@@H]1O. The van der Waals surface area contributed by atoms with E-state index < -0.39 is 53.6 Å². The van der Waals surface area contributed by atoms with E-state index in [4.69, 9.17) is 19.0 Å². The molecule has 0 radical (unpaired) electrons. The summed E-state index contributed by atoms with van der Waals surface area (Å²) < 4.78 is 16.0. The summed E-state index contributed by atoms with van der Waals surface area (Å²) in [7, 11) is 0. The number of phenolic OH excluding ortho intramolecular Hbond substituents is 3. The molecule has 1 fully saturated rings. The van der Waals surface area contributed by atoms with Crippen molar-refractivity contribution >= 4 is 16.9 Å². The topological polar surface area (TPSA) is 207 Å². The Morgan fingerprint density at radius 3 is 2.33 bits per heavy atom. The van der Waals surface area contributed by atoms with Gasteiger partial charge in [0, 0.05) is 23.8 Å². The van der Waals surface area contributed by atoms with Crippen LogP contribution in [-0.4, -0.2) is 72.4 Å². The monoisotopic (exact) mass is 462 g/mol. The van der Waals surface area contributed by atoms with Crippen molar-refractivity contribution in [3.05, 3.63) is 46.6 Å². The molecule has 1 saturated heterocycles. The van der Waals surface area contributed by atoms with Crippen LogP contribution in [0.3, 0.4) is 0 Å². The largest absolute Gasteiger partial charge is 0.508 e. The highest BCUT2D eigenvalue weighted by Crippen LogP contribution is 2.36. The van der Waals surface area contributed by atoms with Crippen LogP contribution in [0.4, 0.5) is 0 Å². The molecular formula is C21H18O12. The third kappa shape index (κ3) is 4.03. The van der Waals surface area contributed by atoms with Gasteiger partial charge in [-0.05, 0) is 18.2 Å². The quantitative estimate of drug-likeness (QED) is 0.270. The summed E-state index contributed by atoms with van der Waals surface area (Å²) in [6, 6.07) is 6.86. The lowest BCUT2D eigenvalue weighted by atomic mass is 9.99. The number of phenols is 3. The Kier molecular flexibility index (Phi) is 5.59. The molecule has 12 nitrogen and oxygen atoms in total. The van der Waals surface area contributed by atoms with E-state index in [9.17, 15) is 40.2 Å². The normalized spacial score (nSPS) is 25.1. The first kappa shape index (κ1) is 22.4. The van der Waals surface area contributed by atoms with Crippen molar-refractivity contribution in [1.82, 2.24) is 0 Å². The maximum absolute atomic E-state index is 12.4. The molecule has 4 rings (SSSR count). The van der Waals surface area contributed by atoms with Crippen molar-refractivity contribution < 1.29 is 54.4 Å². The van der Waals surface area contributed by atoms with Crippen molar-refractivity contribution in [3.63, 3.8) is 0 Å². The van der Waals surface area contributed by atoms with Crippen LogP contribution in [0.25, 0.3) is 22.3 Å². The molecule has 0 amide bonds. The molecular weight excluding hydrogens is 444 g/mol. The fourth-order valence-corrected chi connectivity index (χ4v) is 3.43. The first-order valence-electron chi connectivity index (χ1n) is 9.49. The lowest BCUT2D eigenvalue weighted by Gasteiger charge is -2.38. The number of hydrogen-bond donors (Lipinski definition) is 7. The van der Waals surface area contributed by atoms with Gasteiger partial charge in [-0.2, -0.15) is 0 Å². The predicted octanol–water partition coefficient (Wildman–Crippen LogP) is -0.152. The zero-order chi connectivity index (χ0) is 24.0. The molecule has 2 aromatic carbocycles. The van der Waals surface area contributed by atoms with Gasteiger partial charge in [0.2, 0.25) is 6.29 Å². The fourth-order valence-electron chi connectivity index (χ4n) is 3.43. The van der Waals surface area contributed by atoms with Crippen LogP contribution >= 0.6 is 0 Å². The number of ether oxygens (including phenoxy) is 2. The second kappa shape index (κ2) is 8.26. The van der Waals surface area contributed by atoms with E-state index in [1.807, 2.05) is 0 Å². The molecule has 0 unspecified atom stereocenters. The maximum Gasteiger partial charge on any atom is 0.335 e. The molecule has 1 aromatic heterocycles. The second-order valence-electron chi connectivity index (χ2n) is 7.35. The first-order chi connectivity index (χ1) is 15.6. The molecule has 5 atom stereocenters. The van der Waals surface area contributed by atoms with Crippen LogP contribution in [0.5, 0.6) is 23.0 Å². The smallest absolute Gasteiger partial charge is 0.335 e. The number of aromatic hydroxyl groups is 3. The average Bonchev–Trinajstić information content (AvgIpc) is 2.74. The van der Waals surface area contributed by atoms with Gasteiger partial charge in [-0.1, -0.05) is 0 Å². The van der Waals surface area contributed by atoms with E-state index in [1.165, 1.54) is 12.1 Å². The van der Waals surface area contributed by atoms with Crippen LogP contribution < -0.4 is 10.2 Å². The molecule has 0 spiro atoms. The van der Waals surface area contributed by atoms with Crippen LogP contribution in [-0.2, 0) is 9.53 Å². The van der Waals surface area contributed by atoms with Gasteiger partial charge in [0.15, 0.2) is 23.0 Å². The number of rotatable bonds is 4. The number of aliphatic carboxylic acids is 1. The zero-order valence-electron chi connectivity index (χ0n) is 16.5. The van der Waals surface area contributed by atoms with Gasteiger partial charge in [0.25, 0.3) is 0 Å².